The summed E-state index contributed by atoms with van der Waals surface area (Å²) >= 11 is 0. The lowest BCUT2D eigenvalue weighted by Gasteiger charge is -2.18. The lowest BCUT2D eigenvalue weighted by atomic mass is 9.92. The van der Waals surface area contributed by atoms with E-state index in [4.69, 9.17) is 0 Å². The van der Waals surface area contributed by atoms with Gasteiger partial charge >= 0.3 is 0 Å². The summed E-state index contributed by atoms with van der Waals surface area (Å²) in [4.78, 5) is 11.7. The van der Waals surface area contributed by atoms with Gasteiger partial charge in [-0.25, -0.2) is 0 Å². The summed E-state index contributed by atoms with van der Waals surface area (Å²) in [6, 6.07) is 0. The highest BCUT2D eigenvalue weighted by atomic mass is 28.3. The van der Waals surface area contributed by atoms with Crippen LogP contribution in [0.3, 0.4) is 0 Å². The molecule has 0 spiro atoms. The second-order valence-corrected chi connectivity index (χ2v) is 10.4. The predicted octanol–water partition coefficient (Wildman–Crippen LogP) is 3.57. The highest BCUT2D eigenvalue weighted by molar-refractivity contribution is 7.03. The molecule has 0 aromatic heterocycles. The molecule has 1 rings (SSSR count). The molecule has 1 aliphatic carbocycles. The molecule has 0 aliphatic heterocycles. The molecule has 0 saturated carbocycles. The molecule has 0 radical (unpaired) electrons. The summed E-state index contributed by atoms with van der Waals surface area (Å²) < 4.78 is 0. The highest BCUT2D eigenvalue weighted by Gasteiger charge is 2.24. The Labute approximate surface area is 88.6 Å². The van der Waals surface area contributed by atoms with E-state index in [0.717, 1.165) is 12.8 Å². The molecule has 0 amide bonds. The summed E-state index contributed by atoms with van der Waals surface area (Å²) in [6.45, 7) is 6.43. The average molecular weight is 210 g/mol. The first-order valence-corrected chi connectivity index (χ1v) is 9.20. The van der Waals surface area contributed by atoms with Crippen LogP contribution in [-0.2, 0) is 4.79 Å². The van der Waals surface area contributed by atoms with Crippen molar-refractivity contribution in [2.45, 2.75) is 51.7 Å². The third-order valence-electron chi connectivity index (χ3n) is 2.93. The van der Waals surface area contributed by atoms with E-state index in [1.54, 1.807) is 0 Å². The molecular weight excluding hydrogens is 188 g/mol. The standard InChI is InChI=1S/C12H22OSi/c1-14(2,3)12(13)10-9-11-7-5-4-6-8-11/h5,7,11H,4,6,8-10H2,1-3H3. The van der Waals surface area contributed by atoms with Crippen LogP contribution >= 0.6 is 0 Å². The predicted molar refractivity (Wildman–Crippen MR) is 64.1 cm³/mol. The molecule has 2 heteroatoms. The van der Waals surface area contributed by atoms with E-state index in [9.17, 15) is 4.79 Å². The van der Waals surface area contributed by atoms with Crippen LogP contribution in [-0.4, -0.2) is 13.5 Å². The quantitative estimate of drug-likeness (QED) is 0.512. The minimum Gasteiger partial charge on any atom is -0.305 e. The first kappa shape index (κ1) is 11.7. The zero-order valence-corrected chi connectivity index (χ0v) is 10.7. The van der Waals surface area contributed by atoms with Crippen LogP contribution < -0.4 is 0 Å². The van der Waals surface area contributed by atoms with Crippen molar-refractivity contribution in [1.82, 2.24) is 0 Å². The monoisotopic (exact) mass is 210 g/mol. The van der Waals surface area contributed by atoms with E-state index in [1.807, 2.05) is 0 Å². The fourth-order valence-corrected chi connectivity index (χ4v) is 2.71. The van der Waals surface area contributed by atoms with Gasteiger partial charge in [-0.1, -0.05) is 31.8 Å². The van der Waals surface area contributed by atoms with Crippen molar-refractivity contribution >= 4 is 13.5 Å². The van der Waals surface area contributed by atoms with Crippen LogP contribution in [0.15, 0.2) is 12.2 Å². The Morgan fingerprint density at radius 1 is 1.43 bits per heavy atom. The van der Waals surface area contributed by atoms with Crippen LogP contribution in [0.4, 0.5) is 0 Å². The largest absolute Gasteiger partial charge is 0.305 e. The van der Waals surface area contributed by atoms with E-state index in [-0.39, 0.29) is 0 Å². The second-order valence-electron chi connectivity index (χ2n) is 5.33. The smallest absolute Gasteiger partial charge is 0.123 e. The maximum absolute atomic E-state index is 11.7. The van der Waals surface area contributed by atoms with Crippen molar-refractivity contribution in [3.63, 3.8) is 0 Å². The molecule has 0 heterocycles. The van der Waals surface area contributed by atoms with Gasteiger partial charge in [-0.05, 0) is 31.6 Å². The second kappa shape index (κ2) is 4.92. The van der Waals surface area contributed by atoms with Crippen LogP contribution in [0.1, 0.15) is 32.1 Å². The molecule has 0 aromatic carbocycles. The summed E-state index contributed by atoms with van der Waals surface area (Å²) in [7, 11) is -1.51. The van der Waals surface area contributed by atoms with Gasteiger partial charge < -0.3 is 4.79 Å². The first-order chi connectivity index (χ1) is 6.50. The third-order valence-corrected chi connectivity index (χ3v) is 4.86. The van der Waals surface area contributed by atoms with Crippen molar-refractivity contribution in [2.75, 3.05) is 0 Å². The number of hydrogen-bond donors (Lipinski definition) is 0. The topological polar surface area (TPSA) is 17.1 Å². The van der Waals surface area contributed by atoms with Crippen LogP contribution in [0.2, 0.25) is 19.6 Å². The SMILES string of the molecule is C[Si](C)(C)C(=O)CCC1C=CCCC1. The number of allylic oxidation sites excluding steroid dienone is 2. The Balaban J connectivity index is 2.29. The summed E-state index contributed by atoms with van der Waals surface area (Å²) in [5.41, 5.74) is 0. The molecule has 80 valence electrons. The Morgan fingerprint density at radius 3 is 2.64 bits per heavy atom. The van der Waals surface area contributed by atoms with E-state index in [0.29, 0.717) is 11.3 Å². The first-order valence-electron chi connectivity index (χ1n) is 5.70. The molecule has 0 bridgehead atoms. The minimum absolute atomic E-state index is 0.538. The number of carbonyl (C=O) groups is 1. The van der Waals surface area contributed by atoms with Crippen molar-refractivity contribution in [3.05, 3.63) is 12.2 Å². The Bertz CT molecular complexity index is 225. The van der Waals surface area contributed by atoms with Gasteiger partial charge in [-0.2, -0.15) is 0 Å². The summed E-state index contributed by atoms with van der Waals surface area (Å²) in [5, 5.41) is 0.538. The highest BCUT2D eigenvalue weighted by Crippen LogP contribution is 2.22. The van der Waals surface area contributed by atoms with Crippen LogP contribution in [0, 0.1) is 5.92 Å². The lowest BCUT2D eigenvalue weighted by Crippen LogP contribution is -2.33. The zero-order chi connectivity index (χ0) is 10.6. The minimum atomic E-state index is -1.51. The van der Waals surface area contributed by atoms with Crippen LogP contribution in [0.5, 0.6) is 0 Å². The molecule has 14 heavy (non-hydrogen) atoms. The molecule has 0 fully saturated rings. The molecule has 0 aromatic rings. The van der Waals surface area contributed by atoms with Crippen molar-refractivity contribution in [3.8, 4) is 0 Å². The summed E-state index contributed by atoms with van der Waals surface area (Å²) in [6.07, 6.45) is 10.3. The average Bonchev–Trinajstić information content (AvgIpc) is 2.14. The molecule has 0 saturated heterocycles. The normalized spacial score (nSPS) is 22.4. The van der Waals surface area contributed by atoms with Gasteiger partial charge in [0.25, 0.3) is 0 Å². The Kier molecular flexibility index (Phi) is 4.11. The molecular formula is C12H22OSi. The van der Waals surface area contributed by atoms with Gasteiger partial charge in [0.2, 0.25) is 0 Å². The maximum Gasteiger partial charge on any atom is 0.123 e. The molecule has 1 atom stereocenters. The number of rotatable bonds is 4. The van der Waals surface area contributed by atoms with E-state index >= 15 is 0 Å². The van der Waals surface area contributed by atoms with E-state index < -0.39 is 8.07 Å². The zero-order valence-electron chi connectivity index (χ0n) is 9.68. The van der Waals surface area contributed by atoms with Gasteiger partial charge in [0, 0.05) is 6.42 Å². The lowest BCUT2D eigenvalue weighted by molar-refractivity contribution is -0.112. The fraction of sp³-hybridized carbons (Fsp3) is 0.750. The van der Waals surface area contributed by atoms with E-state index in [1.165, 1.54) is 19.3 Å². The van der Waals surface area contributed by atoms with Crippen molar-refractivity contribution in [2.24, 2.45) is 5.92 Å². The molecule has 1 nitrogen and oxygen atoms in total. The summed E-state index contributed by atoms with van der Waals surface area (Å²) in [5.74, 6) is 0.684. The number of hydrogen-bond acceptors (Lipinski definition) is 1. The van der Waals surface area contributed by atoms with Gasteiger partial charge in [-0.3, -0.25) is 0 Å². The third kappa shape index (κ3) is 3.78. The van der Waals surface area contributed by atoms with Crippen LogP contribution in [0.25, 0.3) is 0 Å². The Hall–Kier alpha value is -0.373. The molecule has 0 N–H and O–H groups in total. The van der Waals surface area contributed by atoms with Crippen molar-refractivity contribution < 1.29 is 4.79 Å². The van der Waals surface area contributed by atoms with Crippen molar-refractivity contribution in [1.29, 1.82) is 0 Å². The molecule has 1 aliphatic rings. The number of carbonyl (C=O) groups excluding carboxylic acids is 1. The Morgan fingerprint density at radius 2 is 2.14 bits per heavy atom. The van der Waals surface area contributed by atoms with Gasteiger partial charge in [0.15, 0.2) is 0 Å². The maximum atomic E-state index is 11.7. The van der Waals surface area contributed by atoms with Gasteiger partial charge in [-0.15, -0.1) is 0 Å². The fourth-order valence-electron chi connectivity index (χ4n) is 1.81. The molecule has 1 unspecified atom stereocenters. The van der Waals surface area contributed by atoms with E-state index in [2.05, 4.69) is 31.8 Å². The van der Waals surface area contributed by atoms with Gasteiger partial charge in [0.1, 0.15) is 13.5 Å². The van der Waals surface area contributed by atoms with Gasteiger partial charge in [0.05, 0.1) is 0 Å².